The van der Waals surface area contributed by atoms with Crippen molar-refractivity contribution < 1.29 is 4.74 Å². The number of fused-ring (bicyclic) bond motifs is 1. The molecule has 3 rings (SSSR count). The average Bonchev–Trinajstić information content (AvgIpc) is 2.82. The number of aryl methyl sites for hydroxylation is 3. The maximum Gasteiger partial charge on any atom is 0.224 e. The Hall–Kier alpha value is -2.03. The summed E-state index contributed by atoms with van der Waals surface area (Å²) in [7, 11) is 0. The monoisotopic (exact) mass is 254 g/mol. The van der Waals surface area contributed by atoms with Crippen LogP contribution in [0.25, 0.3) is 0 Å². The van der Waals surface area contributed by atoms with Crippen LogP contribution in [0.4, 0.5) is 5.69 Å². The van der Waals surface area contributed by atoms with E-state index in [-0.39, 0.29) is 0 Å². The molecule has 2 heterocycles. The lowest BCUT2D eigenvalue weighted by Crippen LogP contribution is -1.97. The zero-order valence-electron chi connectivity index (χ0n) is 11.6. The molecule has 0 fully saturated rings. The van der Waals surface area contributed by atoms with Crippen LogP contribution in [-0.2, 0) is 6.42 Å². The fourth-order valence-electron chi connectivity index (χ4n) is 2.71. The van der Waals surface area contributed by atoms with Crippen LogP contribution in [0, 0.1) is 20.8 Å². The number of aromatic nitrogens is 1. The molecule has 3 heteroatoms. The molecule has 1 aliphatic heterocycles. The second-order valence-corrected chi connectivity index (χ2v) is 5.15. The number of nitrogens with zero attached hydrogens (tertiary/aromatic N) is 1. The first-order valence-corrected chi connectivity index (χ1v) is 6.62. The third kappa shape index (κ3) is 2.16. The Morgan fingerprint density at radius 3 is 2.63 bits per heavy atom. The molecule has 0 radical (unpaired) electrons. The zero-order chi connectivity index (χ0) is 13.4. The summed E-state index contributed by atoms with van der Waals surface area (Å²) < 4.78 is 6.09. The van der Waals surface area contributed by atoms with Crippen LogP contribution in [0.5, 0.6) is 11.6 Å². The molecular formula is C16H18N2O. The second kappa shape index (κ2) is 4.57. The van der Waals surface area contributed by atoms with Gasteiger partial charge in [-0.05, 0) is 44.4 Å². The Balaban J connectivity index is 2.01. The minimum Gasteiger partial charge on any atom is -0.438 e. The Morgan fingerprint density at radius 1 is 1.16 bits per heavy atom. The number of benzene rings is 1. The quantitative estimate of drug-likeness (QED) is 0.885. The van der Waals surface area contributed by atoms with Gasteiger partial charge in [0, 0.05) is 24.0 Å². The van der Waals surface area contributed by atoms with Gasteiger partial charge in [0.25, 0.3) is 0 Å². The number of pyridine rings is 1. The van der Waals surface area contributed by atoms with Crippen molar-refractivity contribution in [1.29, 1.82) is 0 Å². The van der Waals surface area contributed by atoms with Crippen molar-refractivity contribution in [2.75, 3.05) is 11.9 Å². The van der Waals surface area contributed by atoms with Crippen LogP contribution in [0.3, 0.4) is 0 Å². The highest BCUT2D eigenvalue weighted by Crippen LogP contribution is 2.34. The number of nitrogens with one attached hydrogen (secondary N) is 1. The fourth-order valence-corrected chi connectivity index (χ4v) is 2.71. The average molecular weight is 254 g/mol. The standard InChI is InChI=1S/C16H18N2O/c1-10-8-11(2)15(12(3)9-10)19-16-13-4-6-17-14(13)5-7-18-16/h5,7-9,17H,4,6H2,1-3H3. The van der Waals surface area contributed by atoms with Crippen LogP contribution in [-0.4, -0.2) is 11.5 Å². The van der Waals surface area contributed by atoms with Crippen LogP contribution < -0.4 is 10.1 Å². The van der Waals surface area contributed by atoms with E-state index in [2.05, 4.69) is 43.2 Å². The molecule has 98 valence electrons. The Morgan fingerprint density at radius 2 is 1.89 bits per heavy atom. The lowest BCUT2D eigenvalue weighted by atomic mass is 10.1. The van der Waals surface area contributed by atoms with Crippen molar-refractivity contribution in [2.24, 2.45) is 0 Å². The molecule has 0 spiro atoms. The summed E-state index contributed by atoms with van der Waals surface area (Å²) in [6.07, 6.45) is 2.77. The fraction of sp³-hybridized carbons (Fsp3) is 0.312. The van der Waals surface area contributed by atoms with Crippen molar-refractivity contribution in [2.45, 2.75) is 27.2 Å². The maximum absolute atomic E-state index is 6.09. The van der Waals surface area contributed by atoms with Gasteiger partial charge < -0.3 is 10.1 Å². The molecule has 1 N–H and O–H groups in total. The summed E-state index contributed by atoms with van der Waals surface area (Å²) in [4.78, 5) is 4.39. The molecule has 2 aromatic rings. The minimum atomic E-state index is 0.734. The van der Waals surface area contributed by atoms with E-state index in [0.29, 0.717) is 0 Å². The van der Waals surface area contributed by atoms with E-state index < -0.39 is 0 Å². The van der Waals surface area contributed by atoms with Crippen LogP contribution in [0.15, 0.2) is 24.4 Å². The SMILES string of the molecule is Cc1cc(C)c(Oc2nccc3c2CCN3)c(C)c1. The molecule has 19 heavy (non-hydrogen) atoms. The van der Waals surface area contributed by atoms with Gasteiger partial charge in [0.2, 0.25) is 5.88 Å². The second-order valence-electron chi connectivity index (χ2n) is 5.15. The van der Waals surface area contributed by atoms with E-state index in [4.69, 9.17) is 4.74 Å². The van der Waals surface area contributed by atoms with Gasteiger partial charge >= 0.3 is 0 Å². The molecule has 0 saturated heterocycles. The molecule has 0 aliphatic carbocycles. The topological polar surface area (TPSA) is 34.1 Å². The normalized spacial score (nSPS) is 13.0. The van der Waals surface area contributed by atoms with Crippen molar-refractivity contribution >= 4 is 5.69 Å². The Bertz CT molecular complexity index is 612. The number of anilines is 1. The third-order valence-electron chi connectivity index (χ3n) is 3.51. The van der Waals surface area contributed by atoms with E-state index in [0.717, 1.165) is 41.4 Å². The molecule has 0 amide bonds. The smallest absolute Gasteiger partial charge is 0.224 e. The summed E-state index contributed by atoms with van der Waals surface area (Å²) in [6, 6.07) is 6.29. The van der Waals surface area contributed by atoms with E-state index in [9.17, 15) is 0 Å². The van der Waals surface area contributed by atoms with Crippen molar-refractivity contribution in [3.05, 3.63) is 46.6 Å². The lowest BCUT2D eigenvalue weighted by Gasteiger charge is -2.14. The lowest BCUT2D eigenvalue weighted by molar-refractivity contribution is 0.451. The molecular weight excluding hydrogens is 236 g/mol. The largest absolute Gasteiger partial charge is 0.438 e. The van der Waals surface area contributed by atoms with Gasteiger partial charge in [0.1, 0.15) is 5.75 Å². The van der Waals surface area contributed by atoms with Gasteiger partial charge in [0.05, 0.1) is 0 Å². The van der Waals surface area contributed by atoms with E-state index >= 15 is 0 Å². The number of hydrogen-bond donors (Lipinski definition) is 1. The summed E-state index contributed by atoms with van der Waals surface area (Å²) in [5.74, 6) is 1.66. The third-order valence-corrected chi connectivity index (χ3v) is 3.51. The summed E-state index contributed by atoms with van der Waals surface area (Å²) in [5.41, 5.74) is 5.90. The molecule has 3 nitrogen and oxygen atoms in total. The van der Waals surface area contributed by atoms with E-state index in [1.165, 1.54) is 11.1 Å². The van der Waals surface area contributed by atoms with Crippen LogP contribution in [0.1, 0.15) is 22.3 Å². The number of hydrogen-bond acceptors (Lipinski definition) is 3. The van der Waals surface area contributed by atoms with Gasteiger partial charge in [-0.3, -0.25) is 0 Å². The highest BCUT2D eigenvalue weighted by molar-refractivity contribution is 5.59. The predicted octanol–water partition coefficient (Wildman–Crippen LogP) is 3.77. The van der Waals surface area contributed by atoms with E-state index in [1.54, 1.807) is 6.20 Å². The van der Waals surface area contributed by atoms with Gasteiger partial charge in [0.15, 0.2) is 0 Å². The molecule has 1 aromatic heterocycles. The molecule has 0 atom stereocenters. The van der Waals surface area contributed by atoms with Crippen molar-refractivity contribution in [3.63, 3.8) is 0 Å². The molecule has 0 saturated carbocycles. The number of rotatable bonds is 2. The maximum atomic E-state index is 6.09. The Labute approximate surface area is 113 Å². The molecule has 1 aromatic carbocycles. The summed E-state index contributed by atoms with van der Waals surface area (Å²) in [5, 5.41) is 3.34. The first kappa shape index (κ1) is 12.0. The highest BCUT2D eigenvalue weighted by atomic mass is 16.5. The van der Waals surface area contributed by atoms with E-state index in [1.807, 2.05) is 6.07 Å². The molecule has 1 aliphatic rings. The van der Waals surface area contributed by atoms with Gasteiger partial charge in [-0.25, -0.2) is 4.98 Å². The predicted molar refractivity (Wildman–Crippen MR) is 77.2 cm³/mol. The molecule has 0 unspecified atom stereocenters. The highest BCUT2D eigenvalue weighted by Gasteiger charge is 2.17. The van der Waals surface area contributed by atoms with Gasteiger partial charge in [-0.15, -0.1) is 0 Å². The van der Waals surface area contributed by atoms with Crippen molar-refractivity contribution in [1.82, 2.24) is 4.98 Å². The molecule has 0 bridgehead atoms. The van der Waals surface area contributed by atoms with Crippen LogP contribution in [0.2, 0.25) is 0 Å². The minimum absolute atomic E-state index is 0.734. The van der Waals surface area contributed by atoms with Gasteiger partial charge in [-0.2, -0.15) is 0 Å². The van der Waals surface area contributed by atoms with Crippen molar-refractivity contribution in [3.8, 4) is 11.6 Å². The first-order valence-electron chi connectivity index (χ1n) is 6.62. The first-order chi connectivity index (χ1) is 9.15. The summed E-state index contributed by atoms with van der Waals surface area (Å²) in [6.45, 7) is 7.23. The van der Waals surface area contributed by atoms with Crippen LogP contribution >= 0.6 is 0 Å². The number of ether oxygens (including phenoxy) is 1. The summed E-state index contributed by atoms with van der Waals surface area (Å²) >= 11 is 0. The zero-order valence-corrected chi connectivity index (χ0v) is 11.6. The Kier molecular flexibility index (Phi) is 2.90. The van der Waals surface area contributed by atoms with Gasteiger partial charge in [-0.1, -0.05) is 17.7 Å².